The van der Waals surface area contributed by atoms with Crippen molar-refractivity contribution in [1.29, 1.82) is 0 Å². The van der Waals surface area contributed by atoms with Gasteiger partial charge in [-0.15, -0.1) is 0 Å². The lowest BCUT2D eigenvalue weighted by molar-refractivity contribution is -0.120. The summed E-state index contributed by atoms with van der Waals surface area (Å²) in [6, 6.07) is 20.2. The zero-order valence-electron chi connectivity index (χ0n) is 15.7. The van der Waals surface area contributed by atoms with E-state index in [9.17, 15) is 4.79 Å². The minimum absolute atomic E-state index is 0.195. The second-order valence-electron chi connectivity index (χ2n) is 6.58. The smallest absolute Gasteiger partial charge is 0.244 e. The number of aromatic nitrogens is 1. The average Bonchev–Trinajstić information content (AvgIpc) is 3.14. The van der Waals surface area contributed by atoms with Gasteiger partial charge < -0.3 is 9.72 Å². The molecule has 4 rings (SSSR count). The Morgan fingerprint density at radius 2 is 1.83 bits per heavy atom. The van der Waals surface area contributed by atoms with Gasteiger partial charge in [0, 0.05) is 23.2 Å². The predicted octanol–water partition coefficient (Wildman–Crippen LogP) is 5.96. The first-order chi connectivity index (χ1) is 14.6. The van der Waals surface area contributed by atoms with Crippen LogP contribution in [0.2, 0.25) is 10.0 Å². The molecule has 0 fully saturated rings. The Morgan fingerprint density at radius 1 is 1.00 bits per heavy atom. The molecule has 7 heteroatoms. The van der Waals surface area contributed by atoms with E-state index in [4.69, 9.17) is 27.9 Å². The SMILES string of the molecule is O=C(Cc1c[nH]c2ccccc12)NN=Cc1cccc(Oc2ccc(Cl)c(Cl)c2)c1. The molecule has 1 heterocycles. The summed E-state index contributed by atoms with van der Waals surface area (Å²) in [5, 5.41) is 5.97. The average molecular weight is 438 g/mol. The normalized spacial score (nSPS) is 11.1. The summed E-state index contributed by atoms with van der Waals surface area (Å²) in [6.07, 6.45) is 3.65. The maximum Gasteiger partial charge on any atom is 0.244 e. The first-order valence-electron chi connectivity index (χ1n) is 9.18. The van der Waals surface area contributed by atoms with Crippen LogP contribution in [0.5, 0.6) is 11.5 Å². The van der Waals surface area contributed by atoms with Crippen LogP contribution in [0, 0.1) is 0 Å². The third-order valence-corrected chi connectivity index (χ3v) is 5.15. The highest BCUT2D eigenvalue weighted by Gasteiger charge is 2.08. The number of hydrazone groups is 1. The zero-order valence-corrected chi connectivity index (χ0v) is 17.2. The molecule has 2 N–H and O–H groups in total. The van der Waals surface area contributed by atoms with E-state index in [-0.39, 0.29) is 12.3 Å². The van der Waals surface area contributed by atoms with Crippen LogP contribution < -0.4 is 10.2 Å². The molecule has 150 valence electrons. The molecule has 1 aromatic heterocycles. The van der Waals surface area contributed by atoms with Gasteiger partial charge in [0.1, 0.15) is 11.5 Å². The number of carbonyl (C=O) groups is 1. The van der Waals surface area contributed by atoms with Crippen molar-refractivity contribution in [2.24, 2.45) is 5.10 Å². The number of benzene rings is 3. The van der Waals surface area contributed by atoms with Crippen molar-refractivity contribution in [1.82, 2.24) is 10.4 Å². The number of amides is 1. The first kappa shape index (κ1) is 20.0. The Bertz CT molecular complexity index is 1230. The number of para-hydroxylation sites is 1. The van der Waals surface area contributed by atoms with Crippen LogP contribution in [-0.4, -0.2) is 17.1 Å². The highest BCUT2D eigenvalue weighted by atomic mass is 35.5. The molecule has 0 aliphatic heterocycles. The number of aromatic amines is 1. The van der Waals surface area contributed by atoms with E-state index < -0.39 is 0 Å². The Hall–Kier alpha value is -3.28. The van der Waals surface area contributed by atoms with Gasteiger partial charge in [-0.05, 0) is 41.5 Å². The van der Waals surface area contributed by atoms with E-state index >= 15 is 0 Å². The molecule has 0 atom stereocenters. The lowest BCUT2D eigenvalue weighted by atomic mass is 10.1. The van der Waals surface area contributed by atoms with Gasteiger partial charge in [-0.2, -0.15) is 5.10 Å². The lowest BCUT2D eigenvalue weighted by Crippen LogP contribution is -2.19. The number of ether oxygens (including phenoxy) is 1. The van der Waals surface area contributed by atoms with Crippen molar-refractivity contribution in [3.63, 3.8) is 0 Å². The van der Waals surface area contributed by atoms with Crippen molar-refractivity contribution >= 4 is 46.2 Å². The van der Waals surface area contributed by atoms with Gasteiger partial charge in [-0.1, -0.05) is 53.5 Å². The van der Waals surface area contributed by atoms with E-state index in [2.05, 4.69) is 15.5 Å². The number of hydrogen-bond donors (Lipinski definition) is 2. The van der Waals surface area contributed by atoms with Gasteiger partial charge in [-0.25, -0.2) is 5.43 Å². The molecule has 0 aliphatic rings. The molecule has 0 saturated heterocycles. The Morgan fingerprint density at radius 3 is 2.70 bits per heavy atom. The van der Waals surface area contributed by atoms with E-state index in [0.717, 1.165) is 22.0 Å². The summed E-state index contributed by atoms with van der Waals surface area (Å²) in [4.78, 5) is 15.4. The first-order valence-corrected chi connectivity index (χ1v) is 9.94. The van der Waals surface area contributed by atoms with Crippen LogP contribution in [0.1, 0.15) is 11.1 Å². The molecule has 0 aliphatic carbocycles. The summed E-state index contributed by atoms with van der Waals surface area (Å²) in [5.41, 5.74) is 5.27. The van der Waals surface area contributed by atoms with Crippen LogP contribution in [-0.2, 0) is 11.2 Å². The van der Waals surface area contributed by atoms with Crippen molar-refractivity contribution < 1.29 is 9.53 Å². The van der Waals surface area contributed by atoms with Crippen LogP contribution in [0.15, 0.2) is 78.0 Å². The van der Waals surface area contributed by atoms with Gasteiger partial charge >= 0.3 is 0 Å². The van der Waals surface area contributed by atoms with Crippen molar-refractivity contribution in [2.75, 3.05) is 0 Å². The van der Waals surface area contributed by atoms with Crippen molar-refractivity contribution in [3.05, 3.63) is 94.1 Å². The lowest BCUT2D eigenvalue weighted by Gasteiger charge is -2.07. The fourth-order valence-electron chi connectivity index (χ4n) is 3.00. The van der Waals surface area contributed by atoms with Crippen LogP contribution in [0.4, 0.5) is 0 Å². The predicted molar refractivity (Wildman–Crippen MR) is 121 cm³/mol. The molecule has 0 saturated carbocycles. The fourth-order valence-corrected chi connectivity index (χ4v) is 3.29. The highest BCUT2D eigenvalue weighted by Crippen LogP contribution is 2.29. The third kappa shape index (κ3) is 4.82. The maximum absolute atomic E-state index is 12.2. The number of carbonyl (C=O) groups excluding carboxylic acids is 1. The van der Waals surface area contributed by atoms with Crippen molar-refractivity contribution in [3.8, 4) is 11.5 Å². The molecule has 30 heavy (non-hydrogen) atoms. The number of nitrogens with one attached hydrogen (secondary N) is 2. The van der Waals surface area contributed by atoms with E-state index in [0.29, 0.717) is 21.5 Å². The Kier molecular flexibility index (Phi) is 6.02. The molecule has 0 unspecified atom stereocenters. The Balaban J connectivity index is 1.37. The quantitative estimate of drug-likeness (QED) is 0.288. The summed E-state index contributed by atoms with van der Waals surface area (Å²) in [5.74, 6) is 0.993. The minimum Gasteiger partial charge on any atom is -0.457 e. The van der Waals surface area contributed by atoms with Gasteiger partial charge in [0.2, 0.25) is 5.91 Å². The summed E-state index contributed by atoms with van der Waals surface area (Å²) in [6.45, 7) is 0. The summed E-state index contributed by atoms with van der Waals surface area (Å²) >= 11 is 11.9. The largest absolute Gasteiger partial charge is 0.457 e. The van der Waals surface area contributed by atoms with E-state index in [1.165, 1.54) is 0 Å². The monoisotopic (exact) mass is 437 g/mol. The number of halogens is 2. The molecular formula is C23H17Cl2N3O2. The number of rotatable bonds is 6. The topological polar surface area (TPSA) is 66.5 Å². The molecule has 1 amide bonds. The second-order valence-corrected chi connectivity index (χ2v) is 7.39. The van der Waals surface area contributed by atoms with Crippen LogP contribution in [0.3, 0.4) is 0 Å². The van der Waals surface area contributed by atoms with Gasteiger partial charge in [-0.3, -0.25) is 4.79 Å². The number of hydrogen-bond acceptors (Lipinski definition) is 3. The van der Waals surface area contributed by atoms with Gasteiger partial charge in [0.15, 0.2) is 0 Å². The molecule has 5 nitrogen and oxygen atoms in total. The van der Waals surface area contributed by atoms with Gasteiger partial charge in [0.25, 0.3) is 0 Å². The maximum atomic E-state index is 12.2. The van der Waals surface area contributed by atoms with Crippen LogP contribution >= 0.6 is 23.2 Å². The number of fused-ring (bicyclic) bond motifs is 1. The standard InChI is InChI=1S/C23H17Cl2N3O2/c24-20-9-8-18(12-21(20)25)30-17-5-3-4-15(10-17)13-27-28-23(29)11-16-14-26-22-7-2-1-6-19(16)22/h1-10,12-14,26H,11H2,(H,28,29). The van der Waals surface area contributed by atoms with E-state index in [1.54, 1.807) is 30.5 Å². The molecular weight excluding hydrogens is 421 g/mol. The highest BCUT2D eigenvalue weighted by molar-refractivity contribution is 6.42. The zero-order chi connectivity index (χ0) is 20.9. The third-order valence-electron chi connectivity index (χ3n) is 4.41. The van der Waals surface area contributed by atoms with E-state index in [1.807, 2.05) is 48.7 Å². The fraction of sp³-hybridized carbons (Fsp3) is 0.0435. The van der Waals surface area contributed by atoms with Crippen LogP contribution in [0.25, 0.3) is 10.9 Å². The van der Waals surface area contributed by atoms with Crippen molar-refractivity contribution in [2.45, 2.75) is 6.42 Å². The molecule has 3 aromatic carbocycles. The second kappa shape index (κ2) is 9.03. The molecule has 0 radical (unpaired) electrons. The molecule has 0 bridgehead atoms. The molecule has 0 spiro atoms. The summed E-state index contributed by atoms with van der Waals surface area (Å²) in [7, 11) is 0. The molecule has 4 aromatic rings. The summed E-state index contributed by atoms with van der Waals surface area (Å²) < 4.78 is 5.80. The number of H-pyrrole nitrogens is 1. The number of nitrogens with zero attached hydrogens (tertiary/aromatic N) is 1. The Labute approximate surface area is 183 Å². The van der Waals surface area contributed by atoms with Gasteiger partial charge in [0.05, 0.1) is 22.7 Å². The minimum atomic E-state index is -0.195.